The number of aliphatic hydroxyl groups excluding tert-OH is 1. The highest BCUT2D eigenvalue weighted by molar-refractivity contribution is 5.83. The van der Waals surface area contributed by atoms with Crippen LogP contribution in [-0.2, 0) is 4.79 Å². The van der Waals surface area contributed by atoms with Gasteiger partial charge in [0, 0.05) is 25.6 Å². The van der Waals surface area contributed by atoms with Gasteiger partial charge in [-0.25, -0.2) is 9.59 Å². The maximum absolute atomic E-state index is 12.0. The number of aliphatic carboxylic acids is 1. The number of likely N-dealkylation sites (tertiary alicyclic amines) is 2. The number of nitrogens with zero attached hydrogens (tertiary/aromatic N) is 2. The first-order valence-corrected chi connectivity index (χ1v) is 7.18. The highest BCUT2D eigenvalue weighted by Gasteiger charge is 2.39. The second-order valence-electron chi connectivity index (χ2n) is 5.67. The Morgan fingerprint density at radius 1 is 1.35 bits per heavy atom. The number of urea groups is 1. The van der Waals surface area contributed by atoms with Gasteiger partial charge in [0.2, 0.25) is 0 Å². The molecule has 20 heavy (non-hydrogen) atoms. The van der Waals surface area contributed by atoms with Crippen molar-refractivity contribution >= 4 is 12.0 Å². The molecule has 2 aliphatic rings. The summed E-state index contributed by atoms with van der Waals surface area (Å²) in [6.07, 6.45) is 1.73. The van der Waals surface area contributed by atoms with E-state index in [0.717, 1.165) is 13.1 Å². The molecule has 2 rings (SSSR count). The predicted molar refractivity (Wildman–Crippen MR) is 72.4 cm³/mol. The molecule has 0 spiro atoms. The van der Waals surface area contributed by atoms with E-state index in [1.807, 2.05) is 0 Å². The molecule has 114 valence electrons. The highest BCUT2D eigenvalue weighted by Crippen LogP contribution is 2.18. The smallest absolute Gasteiger partial charge is 0.326 e. The van der Waals surface area contributed by atoms with Crippen LogP contribution in [0.2, 0.25) is 0 Å². The van der Waals surface area contributed by atoms with E-state index < -0.39 is 24.1 Å². The fourth-order valence-corrected chi connectivity index (χ4v) is 2.92. The van der Waals surface area contributed by atoms with Gasteiger partial charge in [0.15, 0.2) is 0 Å². The Morgan fingerprint density at radius 2 is 2.00 bits per heavy atom. The van der Waals surface area contributed by atoms with E-state index in [1.54, 1.807) is 0 Å². The molecular formula is C13H23N3O4. The molecule has 7 nitrogen and oxygen atoms in total. The Labute approximate surface area is 118 Å². The maximum Gasteiger partial charge on any atom is 0.326 e. The van der Waals surface area contributed by atoms with Gasteiger partial charge in [-0.05, 0) is 32.9 Å². The van der Waals surface area contributed by atoms with Gasteiger partial charge >= 0.3 is 12.0 Å². The second kappa shape index (κ2) is 6.41. The SMILES string of the molecule is CC(CNC(=O)N1CC(O)CC1C(=O)O)N1CCCC1. The minimum Gasteiger partial charge on any atom is -0.480 e. The van der Waals surface area contributed by atoms with Gasteiger partial charge in [0.05, 0.1) is 6.10 Å². The Morgan fingerprint density at radius 3 is 2.60 bits per heavy atom. The summed E-state index contributed by atoms with van der Waals surface area (Å²) in [5, 5.41) is 21.4. The summed E-state index contributed by atoms with van der Waals surface area (Å²) in [6.45, 7) is 4.74. The predicted octanol–water partition coefficient (Wildman–Crippen LogP) is -0.300. The number of hydrogen-bond donors (Lipinski definition) is 3. The molecule has 0 aromatic heterocycles. The molecule has 3 atom stereocenters. The third kappa shape index (κ3) is 3.40. The minimum atomic E-state index is -1.07. The molecule has 0 aromatic rings. The van der Waals surface area contributed by atoms with E-state index in [2.05, 4.69) is 17.1 Å². The lowest BCUT2D eigenvalue weighted by molar-refractivity contribution is -0.141. The number of carboxylic acid groups (broad SMARTS) is 1. The van der Waals surface area contributed by atoms with Crippen molar-refractivity contribution in [2.75, 3.05) is 26.2 Å². The van der Waals surface area contributed by atoms with Crippen LogP contribution >= 0.6 is 0 Å². The van der Waals surface area contributed by atoms with Crippen LogP contribution in [0.25, 0.3) is 0 Å². The number of carboxylic acids is 1. The van der Waals surface area contributed by atoms with Crippen molar-refractivity contribution < 1.29 is 19.8 Å². The quantitative estimate of drug-likeness (QED) is 0.659. The number of carbonyl (C=O) groups is 2. The lowest BCUT2D eigenvalue weighted by Crippen LogP contribution is -2.49. The van der Waals surface area contributed by atoms with E-state index in [-0.39, 0.29) is 19.0 Å². The van der Waals surface area contributed by atoms with Crippen molar-refractivity contribution in [3.05, 3.63) is 0 Å². The zero-order valence-electron chi connectivity index (χ0n) is 11.8. The zero-order valence-corrected chi connectivity index (χ0v) is 11.8. The van der Waals surface area contributed by atoms with Crippen LogP contribution in [0.1, 0.15) is 26.2 Å². The average Bonchev–Trinajstić information content (AvgIpc) is 3.04. The molecule has 0 radical (unpaired) electrons. The van der Waals surface area contributed by atoms with E-state index in [4.69, 9.17) is 5.11 Å². The fraction of sp³-hybridized carbons (Fsp3) is 0.846. The third-order valence-corrected chi connectivity index (χ3v) is 4.14. The van der Waals surface area contributed by atoms with E-state index in [1.165, 1.54) is 17.7 Å². The normalized spacial score (nSPS) is 28.6. The summed E-state index contributed by atoms with van der Waals surface area (Å²) in [6, 6.07) is -1.08. The molecular weight excluding hydrogens is 262 g/mol. The van der Waals surface area contributed by atoms with Crippen LogP contribution < -0.4 is 5.32 Å². The summed E-state index contributed by atoms with van der Waals surface area (Å²) in [4.78, 5) is 26.6. The van der Waals surface area contributed by atoms with Crippen LogP contribution in [0.4, 0.5) is 4.79 Å². The second-order valence-corrected chi connectivity index (χ2v) is 5.67. The van der Waals surface area contributed by atoms with Gasteiger partial charge in [0.1, 0.15) is 6.04 Å². The number of aliphatic hydroxyl groups is 1. The first kappa shape index (κ1) is 15.1. The molecule has 2 saturated heterocycles. The van der Waals surface area contributed by atoms with Gasteiger partial charge < -0.3 is 20.4 Å². The van der Waals surface area contributed by atoms with Crippen molar-refractivity contribution in [3.63, 3.8) is 0 Å². The Hall–Kier alpha value is -1.34. The van der Waals surface area contributed by atoms with Crippen molar-refractivity contribution in [2.24, 2.45) is 0 Å². The topological polar surface area (TPSA) is 93.1 Å². The molecule has 2 heterocycles. The standard InChI is InChI=1S/C13H23N3O4/c1-9(15-4-2-3-5-15)7-14-13(20)16-8-10(17)6-11(16)12(18)19/h9-11,17H,2-8H2,1H3,(H,14,20)(H,18,19). The number of β-amino-alcohol motifs (C(OH)–C–C–N with tert-alkyl or cyclic N) is 1. The summed E-state index contributed by atoms with van der Waals surface area (Å²) < 4.78 is 0. The van der Waals surface area contributed by atoms with Crippen molar-refractivity contribution in [3.8, 4) is 0 Å². The molecule has 3 unspecified atom stereocenters. The zero-order chi connectivity index (χ0) is 14.7. The molecule has 0 saturated carbocycles. The van der Waals surface area contributed by atoms with E-state index in [0.29, 0.717) is 6.54 Å². The van der Waals surface area contributed by atoms with Crippen LogP contribution in [0.5, 0.6) is 0 Å². The summed E-state index contributed by atoms with van der Waals surface area (Å²) in [5.41, 5.74) is 0. The summed E-state index contributed by atoms with van der Waals surface area (Å²) in [5.74, 6) is -1.07. The summed E-state index contributed by atoms with van der Waals surface area (Å²) >= 11 is 0. The van der Waals surface area contributed by atoms with E-state index >= 15 is 0 Å². The highest BCUT2D eigenvalue weighted by atomic mass is 16.4. The molecule has 0 aromatic carbocycles. The van der Waals surface area contributed by atoms with Gasteiger partial charge in [-0.1, -0.05) is 0 Å². The largest absolute Gasteiger partial charge is 0.480 e. The Kier molecular flexibility index (Phi) is 4.82. The van der Waals surface area contributed by atoms with Crippen LogP contribution in [0.15, 0.2) is 0 Å². The number of carbonyl (C=O) groups excluding carboxylic acids is 1. The lowest BCUT2D eigenvalue weighted by atomic mass is 10.2. The van der Waals surface area contributed by atoms with Crippen LogP contribution in [-0.4, -0.2) is 76.4 Å². The fourth-order valence-electron chi connectivity index (χ4n) is 2.92. The molecule has 0 bridgehead atoms. The summed E-state index contributed by atoms with van der Waals surface area (Å²) in [7, 11) is 0. The minimum absolute atomic E-state index is 0.0842. The van der Waals surface area contributed by atoms with Crippen molar-refractivity contribution in [1.29, 1.82) is 0 Å². The molecule has 0 aliphatic carbocycles. The number of hydrogen-bond acceptors (Lipinski definition) is 4. The molecule has 2 aliphatic heterocycles. The number of nitrogens with one attached hydrogen (secondary N) is 1. The monoisotopic (exact) mass is 285 g/mol. The van der Waals surface area contributed by atoms with Gasteiger partial charge in [-0.2, -0.15) is 0 Å². The molecule has 2 amide bonds. The van der Waals surface area contributed by atoms with Crippen LogP contribution in [0, 0.1) is 0 Å². The molecule has 7 heteroatoms. The van der Waals surface area contributed by atoms with E-state index in [9.17, 15) is 14.7 Å². The average molecular weight is 285 g/mol. The number of amides is 2. The first-order chi connectivity index (χ1) is 9.49. The maximum atomic E-state index is 12.0. The number of rotatable bonds is 4. The van der Waals surface area contributed by atoms with Crippen molar-refractivity contribution in [1.82, 2.24) is 15.1 Å². The third-order valence-electron chi connectivity index (χ3n) is 4.14. The van der Waals surface area contributed by atoms with Gasteiger partial charge in [0.25, 0.3) is 0 Å². The van der Waals surface area contributed by atoms with Gasteiger partial charge in [-0.3, -0.25) is 4.90 Å². The van der Waals surface area contributed by atoms with Crippen LogP contribution in [0.3, 0.4) is 0 Å². The molecule has 2 fully saturated rings. The Bertz CT molecular complexity index is 371. The molecule has 3 N–H and O–H groups in total. The Balaban J connectivity index is 1.83. The lowest BCUT2D eigenvalue weighted by Gasteiger charge is -2.26. The van der Waals surface area contributed by atoms with Gasteiger partial charge in [-0.15, -0.1) is 0 Å². The van der Waals surface area contributed by atoms with Crippen molar-refractivity contribution in [2.45, 2.75) is 44.4 Å². The first-order valence-electron chi connectivity index (χ1n) is 7.18.